The molecule has 0 heterocycles. The van der Waals surface area contributed by atoms with Crippen LogP contribution in [0.4, 0.5) is 0 Å². The third-order valence-electron chi connectivity index (χ3n) is 2.84. The average Bonchev–Trinajstić information content (AvgIpc) is 2.37. The summed E-state index contributed by atoms with van der Waals surface area (Å²) in [6.07, 6.45) is 0. The number of amides is 1. The van der Waals surface area contributed by atoms with Gasteiger partial charge in [-0.3, -0.25) is 4.79 Å². The summed E-state index contributed by atoms with van der Waals surface area (Å²) in [4.78, 5) is 12.2. The third kappa shape index (κ3) is 3.75. The Kier molecular flexibility index (Phi) is 5.08. The number of hydrogen-bond acceptors (Lipinski definition) is 1. The normalized spacial score (nSPS) is 12.0. The Morgan fingerprint density at radius 1 is 1.20 bits per heavy atom. The summed E-state index contributed by atoms with van der Waals surface area (Å²) in [5.74, 6) is -0.194. The maximum atomic E-state index is 12.2. The quantitative estimate of drug-likeness (QED) is 0.783. The van der Waals surface area contributed by atoms with E-state index in [0.717, 1.165) is 10.0 Å². The molecule has 0 fully saturated rings. The van der Waals surface area contributed by atoms with Crippen LogP contribution in [0.15, 0.2) is 46.9 Å². The molecule has 0 aromatic heterocycles. The van der Waals surface area contributed by atoms with E-state index in [4.69, 9.17) is 23.2 Å². The highest BCUT2D eigenvalue weighted by Gasteiger charge is 2.14. The van der Waals surface area contributed by atoms with E-state index in [2.05, 4.69) is 21.2 Å². The lowest BCUT2D eigenvalue weighted by Crippen LogP contribution is -2.26. The van der Waals surface area contributed by atoms with Crippen LogP contribution >= 0.6 is 39.1 Å². The predicted molar refractivity (Wildman–Crippen MR) is 86.5 cm³/mol. The van der Waals surface area contributed by atoms with Crippen LogP contribution in [0.5, 0.6) is 0 Å². The van der Waals surface area contributed by atoms with Crippen LogP contribution in [0.1, 0.15) is 28.9 Å². The van der Waals surface area contributed by atoms with Crippen molar-refractivity contribution in [3.05, 3.63) is 68.1 Å². The van der Waals surface area contributed by atoms with Gasteiger partial charge >= 0.3 is 0 Å². The molecule has 2 aromatic carbocycles. The molecular formula is C15H12BrCl2NO. The van der Waals surface area contributed by atoms with Crippen LogP contribution in [0.25, 0.3) is 0 Å². The van der Waals surface area contributed by atoms with E-state index < -0.39 is 0 Å². The third-order valence-corrected chi connectivity index (χ3v) is 3.86. The summed E-state index contributed by atoms with van der Waals surface area (Å²) in [5.41, 5.74) is 1.38. The maximum absolute atomic E-state index is 12.2. The van der Waals surface area contributed by atoms with E-state index in [1.807, 2.05) is 25.1 Å². The first kappa shape index (κ1) is 15.4. The summed E-state index contributed by atoms with van der Waals surface area (Å²) in [5, 5.41) is 4.05. The van der Waals surface area contributed by atoms with E-state index in [1.54, 1.807) is 24.3 Å². The molecule has 5 heteroatoms. The molecule has 0 saturated heterocycles. The highest BCUT2D eigenvalue weighted by molar-refractivity contribution is 9.10. The number of carbonyl (C=O) groups is 1. The van der Waals surface area contributed by atoms with Crippen molar-refractivity contribution >= 4 is 45.0 Å². The Morgan fingerprint density at radius 2 is 1.90 bits per heavy atom. The molecule has 1 atom stereocenters. The van der Waals surface area contributed by atoms with Crippen molar-refractivity contribution in [2.45, 2.75) is 13.0 Å². The molecule has 0 radical (unpaired) electrons. The molecule has 2 aromatic rings. The van der Waals surface area contributed by atoms with E-state index in [0.29, 0.717) is 15.6 Å². The van der Waals surface area contributed by atoms with Crippen molar-refractivity contribution < 1.29 is 4.79 Å². The Balaban J connectivity index is 2.17. The largest absolute Gasteiger partial charge is 0.345 e. The van der Waals surface area contributed by atoms with Crippen LogP contribution in [-0.4, -0.2) is 5.91 Å². The molecule has 2 nitrogen and oxygen atoms in total. The molecule has 1 unspecified atom stereocenters. The first-order valence-corrected chi connectivity index (χ1v) is 7.53. The number of hydrogen-bond donors (Lipinski definition) is 1. The Bertz CT molecular complexity index is 625. The average molecular weight is 373 g/mol. The van der Waals surface area contributed by atoms with Crippen LogP contribution in [0.2, 0.25) is 10.0 Å². The molecule has 1 amide bonds. The van der Waals surface area contributed by atoms with Gasteiger partial charge in [0, 0.05) is 20.1 Å². The minimum absolute atomic E-state index is 0.186. The fraction of sp³-hybridized carbons (Fsp3) is 0.133. The molecule has 0 saturated carbocycles. The number of carbonyl (C=O) groups excluding carboxylic acids is 1. The zero-order chi connectivity index (χ0) is 14.7. The fourth-order valence-electron chi connectivity index (χ4n) is 1.87. The molecule has 2 rings (SSSR count). The second-order valence-electron chi connectivity index (χ2n) is 4.37. The number of nitrogens with one attached hydrogen (secondary N) is 1. The summed E-state index contributed by atoms with van der Waals surface area (Å²) >= 11 is 15.4. The van der Waals surface area contributed by atoms with Gasteiger partial charge in [-0.2, -0.15) is 0 Å². The van der Waals surface area contributed by atoms with Crippen LogP contribution in [-0.2, 0) is 0 Å². The van der Waals surface area contributed by atoms with Gasteiger partial charge in [0.05, 0.1) is 6.04 Å². The van der Waals surface area contributed by atoms with Gasteiger partial charge in [0.25, 0.3) is 5.91 Å². The van der Waals surface area contributed by atoms with Crippen LogP contribution < -0.4 is 5.32 Å². The van der Waals surface area contributed by atoms with Crippen molar-refractivity contribution in [2.75, 3.05) is 0 Å². The minimum atomic E-state index is -0.194. The lowest BCUT2D eigenvalue weighted by molar-refractivity contribution is 0.0940. The standard InChI is InChI=1S/C15H12BrCl2NO/c1-9(13-4-2-3-5-14(13)18)19-15(20)10-6-11(16)8-12(17)7-10/h2-9H,1H3,(H,19,20). The predicted octanol–water partition coefficient (Wildman–Crippen LogP) is 5.25. The van der Waals surface area contributed by atoms with E-state index >= 15 is 0 Å². The van der Waals surface area contributed by atoms with Gasteiger partial charge in [-0.05, 0) is 36.8 Å². The van der Waals surface area contributed by atoms with E-state index in [9.17, 15) is 4.79 Å². The molecule has 0 aliphatic carbocycles. The fourth-order valence-corrected chi connectivity index (χ4v) is 3.03. The Morgan fingerprint density at radius 3 is 2.55 bits per heavy atom. The second-order valence-corrected chi connectivity index (χ2v) is 6.13. The van der Waals surface area contributed by atoms with Gasteiger partial charge in [-0.1, -0.05) is 57.3 Å². The van der Waals surface area contributed by atoms with Gasteiger partial charge in [0.2, 0.25) is 0 Å². The van der Waals surface area contributed by atoms with Crippen molar-refractivity contribution in [3.63, 3.8) is 0 Å². The van der Waals surface area contributed by atoms with Crippen molar-refractivity contribution in [1.29, 1.82) is 0 Å². The smallest absolute Gasteiger partial charge is 0.251 e. The molecule has 20 heavy (non-hydrogen) atoms. The van der Waals surface area contributed by atoms with Gasteiger partial charge in [-0.25, -0.2) is 0 Å². The number of benzene rings is 2. The van der Waals surface area contributed by atoms with Gasteiger partial charge in [0.15, 0.2) is 0 Å². The summed E-state index contributed by atoms with van der Waals surface area (Å²) in [6.45, 7) is 1.89. The first-order valence-electron chi connectivity index (χ1n) is 5.99. The molecule has 0 bridgehead atoms. The zero-order valence-electron chi connectivity index (χ0n) is 10.7. The second kappa shape index (κ2) is 6.61. The SMILES string of the molecule is CC(NC(=O)c1cc(Cl)cc(Br)c1)c1ccccc1Cl. The number of rotatable bonds is 3. The van der Waals surface area contributed by atoms with Crippen LogP contribution in [0, 0.1) is 0 Å². The highest BCUT2D eigenvalue weighted by Crippen LogP contribution is 2.24. The minimum Gasteiger partial charge on any atom is -0.345 e. The van der Waals surface area contributed by atoms with Gasteiger partial charge in [-0.15, -0.1) is 0 Å². The van der Waals surface area contributed by atoms with Crippen molar-refractivity contribution in [2.24, 2.45) is 0 Å². The van der Waals surface area contributed by atoms with E-state index in [-0.39, 0.29) is 11.9 Å². The first-order chi connectivity index (χ1) is 9.47. The van der Waals surface area contributed by atoms with Crippen molar-refractivity contribution in [1.82, 2.24) is 5.32 Å². The van der Waals surface area contributed by atoms with Gasteiger partial charge in [0.1, 0.15) is 0 Å². The maximum Gasteiger partial charge on any atom is 0.251 e. The molecule has 104 valence electrons. The summed E-state index contributed by atoms with van der Waals surface area (Å²) in [7, 11) is 0. The monoisotopic (exact) mass is 371 g/mol. The Labute approximate surface area is 136 Å². The highest BCUT2D eigenvalue weighted by atomic mass is 79.9. The molecule has 1 N–H and O–H groups in total. The lowest BCUT2D eigenvalue weighted by atomic mass is 10.1. The topological polar surface area (TPSA) is 29.1 Å². The lowest BCUT2D eigenvalue weighted by Gasteiger charge is -2.16. The van der Waals surface area contributed by atoms with Gasteiger partial charge < -0.3 is 5.32 Å². The molecule has 0 spiro atoms. The summed E-state index contributed by atoms with van der Waals surface area (Å²) in [6, 6.07) is 12.3. The van der Waals surface area contributed by atoms with Crippen LogP contribution in [0.3, 0.4) is 0 Å². The zero-order valence-corrected chi connectivity index (χ0v) is 13.8. The Hall–Kier alpha value is -1.03. The van der Waals surface area contributed by atoms with Crippen molar-refractivity contribution in [3.8, 4) is 0 Å². The molecule has 0 aliphatic rings. The number of halogens is 3. The molecular weight excluding hydrogens is 361 g/mol. The molecule has 0 aliphatic heterocycles. The summed E-state index contributed by atoms with van der Waals surface area (Å²) < 4.78 is 0.764. The van der Waals surface area contributed by atoms with E-state index in [1.165, 1.54) is 0 Å².